The normalized spacial score (nSPS) is 19.4. The molecule has 1 aliphatic rings. The zero-order chi connectivity index (χ0) is 17.3. The highest BCUT2D eigenvalue weighted by Crippen LogP contribution is 2.30. The molecule has 0 N–H and O–H groups in total. The number of hydrogen-bond donors (Lipinski definition) is 0. The van der Waals surface area contributed by atoms with Crippen molar-refractivity contribution >= 4 is 10.0 Å². The summed E-state index contributed by atoms with van der Waals surface area (Å²) in [6, 6.07) is 6.98. The standard InChI is InChI=1S/C17H23N3O3S/c1-13-11-15(6-7-17(13)23-3)24(21,22)20-9-4-5-14(12-20)16-8-10-19(2)18-16/h6-8,10-11,14H,4-5,9,12H2,1-3H3. The van der Waals surface area contributed by atoms with Crippen LogP contribution in [0.5, 0.6) is 5.75 Å². The van der Waals surface area contributed by atoms with Crippen molar-refractivity contribution in [3.63, 3.8) is 0 Å². The Bertz CT molecular complexity index is 829. The van der Waals surface area contributed by atoms with E-state index in [0.717, 1.165) is 24.1 Å². The van der Waals surface area contributed by atoms with Crippen LogP contribution in [-0.2, 0) is 17.1 Å². The molecule has 3 rings (SSSR count). The van der Waals surface area contributed by atoms with Crippen molar-refractivity contribution in [1.29, 1.82) is 0 Å². The number of piperidine rings is 1. The van der Waals surface area contributed by atoms with Crippen LogP contribution in [0.2, 0.25) is 0 Å². The molecule has 1 aromatic heterocycles. The molecule has 0 bridgehead atoms. The number of nitrogens with zero attached hydrogens (tertiary/aromatic N) is 3. The highest BCUT2D eigenvalue weighted by Gasteiger charge is 2.32. The average molecular weight is 349 g/mol. The Balaban J connectivity index is 1.85. The molecule has 0 radical (unpaired) electrons. The lowest BCUT2D eigenvalue weighted by atomic mass is 9.96. The van der Waals surface area contributed by atoms with Crippen molar-refractivity contribution in [1.82, 2.24) is 14.1 Å². The topological polar surface area (TPSA) is 64.4 Å². The third-order valence-electron chi connectivity index (χ3n) is 4.54. The molecular formula is C17H23N3O3S. The first-order valence-electron chi connectivity index (χ1n) is 8.06. The molecule has 1 aliphatic heterocycles. The monoisotopic (exact) mass is 349 g/mol. The van der Waals surface area contributed by atoms with Crippen LogP contribution in [0.15, 0.2) is 35.4 Å². The lowest BCUT2D eigenvalue weighted by Gasteiger charge is -2.31. The average Bonchev–Trinajstić information content (AvgIpc) is 3.01. The van der Waals surface area contributed by atoms with Crippen molar-refractivity contribution in [2.24, 2.45) is 7.05 Å². The SMILES string of the molecule is COc1ccc(S(=O)(=O)N2CCCC(c3ccn(C)n3)C2)cc1C. The maximum atomic E-state index is 13.0. The molecule has 0 amide bonds. The number of sulfonamides is 1. The quantitative estimate of drug-likeness (QED) is 0.850. The number of rotatable bonds is 4. The molecule has 2 aromatic rings. The number of hydrogen-bond acceptors (Lipinski definition) is 4. The molecule has 0 saturated carbocycles. The van der Waals surface area contributed by atoms with E-state index in [-0.39, 0.29) is 5.92 Å². The largest absolute Gasteiger partial charge is 0.496 e. The van der Waals surface area contributed by atoms with Crippen LogP contribution in [0.3, 0.4) is 0 Å². The molecule has 0 aliphatic carbocycles. The minimum absolute atomic E-state index is 0.147. The minimum Gasteiger partial charge on any atom is -0.496 e. The lowest BCUT2D eigenvalue weighted by Crippen LogP contribution is -2.39. The molecular weight excluding hydrogens is 326 g/mol. The van der Waals surface area contributed by atoms with Crippen LogP contribution < -0.4 is 4.74 Å². The Hall–Kier alpha value is -1.86. The first-order chi connectivity index (χ1) is 11.4. The van der Waals surface area contributed by atoms with Gasteiger partial charge in [-0.2, -0.15) is 9.40 Å². The van der Waals surface area contributed by atoms with E-state index in [4.69, 9.17) is 4.74 Å². The second-order valence-corrected chi connectivity index (χ2v) is 8.19. The van der Waals surface area contributed by atoms with Gasteiger partial charge in [0.1, 0.15) is 5.75 Å². The summed E-state index contributed by atoms with van der Waals surface area (Å²) in [4.78, 5) is 0.322. The van der Waals surface area contributed by atoms with E-state index in [1.165, 1.54) is 0 Å². The second-order valence-electron chi connectivity index (χ2n) is 6.25. The first kappa shape index (κ1) is 17.0. The van der Waals surface area contributed by atoms with E-state index in [2.05, 4.69) is 5.10 Å². The fraction of sp³-hybridized carbons (Fsp3) is 0.471. The van der Waals surface area contributed by atoms with E-state index in [1.54, 1.807) is 34.3 Å². The summed E-state index contributed by atoms with van der Waals surface area (Å²) in [5.41, 5.74) is 1.78. The van der Waals surface area contributed by atoms with E-state index in [1.807, 2.05) is 26.2 Å². The Labute approximate surface area is 143 Å². The van der Waals surface area contributed by atoms with Gasteiger partial charge in [0.25, 0.3) is 0 Å². The predicted molar refractivity (Wildman–Crippen MR) is 91.7 cm³/mol. The molecule has 1 aromatic carbocycles. The molecule has 1 fully saturated rings. The highest BCUT2D eigenvalue weighted by molar-refractivity contribution is 7.89. The van der Waals surface area contributed by atoms with Crippen LogP contribution in [0.25, 0.3) is 0 Å². The molecule has 2 heterocycles. The van der Waals surface area contributed by atoms with Gasteiger partial charge in [-0.3, -0.25) is 4.68 Å². The summed E-state index contributed by atoms with van der Waals surface area (Å²) in [5.74, 6) is 0.841. The fourth-order valence-electron chi connectivity index (χ4n) is 3.21. The van der Waals surface area contributed by atoms with Crippen LogP contribution in [0.4, 0.5) is 0 Å². The van der Waals surface area contributed by atoms with Gasteiger partial charge in [0.05, 0.1) is 17.7 Å². The Morgan fingerprint density at radius 2 is 2.08 bits per heavy atom. The van der Waals surface area contributed by atoms with E-state index in [0.29, 0.717) is 23.7 Å². The van der Waals surface area contributed by atoms with Crippen molar-refractivity contribution in [3.05, 3.63) is 41.7 Å². The lowest BCUT2D eigenvalue weighted by molar-refractivity contribution is 0.311. The van der Waals surface area contributed by atoms with Crippen LogP contribution in [0.1, 0.15) is 30.0 Å². The van der Waals surface area contributed by atoms with E-state index >= 15 is 0 Å². The Morgan fingerprint density at radius 1 is 1.29 bits per heavy atom. The smallest absolute Gasteiger partial charge is 0.243 e. The molecule has 130 valence electrons. The number of methoxy groups -OCH3 is 1. The van der Waals surface area contributed by atoms with Gasteiger partial charge in [0, 0.05) is 32.3 Å². The first-order valence-corrected chi connectivity index (χ1v) is 9.50. The molecule has 24 heavy (non-hydrogen) atoms. The summed E-state index contributed by atoms with van der Waals surface area (Å²) < 4.78 is 34.5. The summed E-state index contributed by atoms with van der Waals surface area (Å²) in [7, 11) is -0.0425. The van der Waals surface area contributed by atoms with Gasteiger partial charge in [-0.15, -0.1) is 0 Å². The summed E-state index contributed by atoms with van der Waals surface area (Å²) in [6.07, 6.45) is 3.70. The molecule has 7 heteroatoms. The van der Waals surface area contributed by atoms with Crippen molar-refractivity contribution in [3.8, 4) is 5.75 Å². The second kappa shape index (κ2) is 6.57. The van der Waals surface area contributed by atoms with Crippen molar-refractivity contribution < 1.29 is 13.2 Å². The van der Waals surface area contributed by atoms with Crippen LogP contribution >= 0.6 is 0 Å². The van der Waals surface area contributed by atoms with Gasteiger partial charge < -0.3 is 4.74 Å². The van der Waals surface area contributed by atoms with Gasteiger partial charge in [0.15, 0.2) is 0 Å². The fourth-order valence-corrected chi connectivity index (χ4v) is 4.82. The molecule has 0 spiro atoms. The molecule has 6 nitrogen and oxygen atoms in total. The maximum Gasteiger partial charge on any atom is 0.243 e. The van der Waals surface area contributed by atoms with Gasteiger partial charge >= 0.3 is 0 Å². The Kier molecular flexibility index (Phi) is 4.64. The van der Waals surface area contributed by atoms with Crippen LogP contribution in [0, 0.1) is 6.92 Å². The third-order valence-corrected chi connectivity index (χ3v) is 6.40. The summed E-state index contributed by atoms with van der Waals surface area (Å²) in [6.45, 7) is 2.88. The van der Waals surface area contributed by atoms with Gasteiger partial charge in [-0.1, -0.05) is 0 Å². The van der Waals surface area contributed by atoms with Crippen LogP contribution in [-0.4, -0.2) is 42.7 Å². The number of ether oxygens (including phenoxy) is 1. The molecule has 1 saturated heterocycles. The molecule has 1 atom stereocenters. The number of aryl methyl sites for hydroxylation is 2. The van der Waals surface area contributed by atoms with E-state index < -0.39 is 10.0 Å². The summed E-state index contributed by atoms with van der Waals surface area (Å²) in [5, 5.41) is 4.44. The van der Waals surface area contributed by atoms with Crippen molar-refractivity contribution in [2.75, 3.05) is 20.2 Å². The zero-order valence-electron chi connectivity index (χ0n) is 14.3. The van der Waals surface area contributed by atoms with Gasteiger partial charge in [-0.05, 0) is 49.6 Å². The summed E-state index contributed by atoms with van der Waals surface area (Å²) >= 11 is 0. The maximum absolute atomic E-state index is 13.0. The minimum atomic E-state index is -3.50. The van der Waals surface area contributed by atoms with Gasteiger partial charge in [0.2, 0.25) is 10.0 Å². The van der Waals surface area contributed by atoms with E-state index in [9.17, 15) is 8.42 Å². The Morgan fingerprint density at radius 3 is 2.71 bits per heavy atom. The number of aromatic nitrogens is 2. The van der Waals surface area contributed by atoms with Crippen molar-refractivity contribution in [2.45, 2.75) is 30.6 Å². The third kappa shape index (κ3) is 3.18. The van der Waals surface area contributed by atoms with Gasteiger partial charge in [-0.25, -0.2) is 8.42 Å². The highest BCUT2D eigenvalue weighted by atomic mass is 32.2. The zero-order valence-corrected chi connectivity index (χ0v) is 15.1. The number of benzene rings is 1. The molecule has 1 unspecified atom stereocenters. The predicted octanol–water partition coefficient (Wildman–Crippen LogP) is 2.31.